The van der Waals surface area contributed by atoms with Gasteiger partial charge in [0.2, 0.25) is 0 Å². The summed E-state index contributed by atoms with van der Waals surface area (Å²) in [6.45, 7) is 8.92. The zero-order chi connectivity index (χ0) is 13.2. The smallest absolute Gasteiger partial charge is 0.120 e. The Morgan fingerprint density at radius 3 is 2.44 bits per heavy atom. The van der Waals surface area contributed by atoms with Gasteiger partial charge in [0, 0.05) is 24.8 Å². The molecular weight excluding hydrogens is 224 g/mol. The van der Waals surface area contributed by atoms with Gasteiger partial charge in [-0.05, 0) is 38.1 Å². The summed E-state index contributed by atoms with van der Waals surface area (Å²) in [7, 11) is 1.70. The zero-order valence-electron chi connectivity index (χ0n) is 11.9. The first-order valence-corrected chi connectivity index (χ1v) is 6.90. The summed E-state index contributed by atoms with van der Waals surface area (Å²) in [5.41, 5.74) is 1.13. The van der Waals surface area contributed by atoms with Gasteiger partial charge in [-0.3, -0.25) is 0 Å². The number of hydrogen-bond acceptors (Lipinski definition) is 3. The maximum atomic E-state index is 5.21. The molecule has 3 nitrogen and oxygen atoms in total. The third-order valence-corrected chi connectivity index (χ3v) is 2.91. The minimum absolute atomic E-state index is 0.902. The molecule has 1 N–H and O–H groups in total. The Balaban J connectivity index is 2.34. The van der Waals surface area contributed by atoms with E-state index >= 15 is 0 Å². The molecule has 1 aromatic carbocycles. The summed E-state index contributed by atoms with van der Waals surface area (Å²) >= 11 is 0. The van der Waals surface area contributed by atoms with E-state index in [2.05, 4.69) is 30.1 Å². The van der Waals surface area contributed by atoms with E-state index < -0.39 is 0 Å². The molecule has 0 saturated carbocycles. The molecule has 0 bridgehead atoms. The van der Waals surface area contributed by atoms with Crippen LogP contribution in [0.25, 0.3) is 0 Å². The Labute approximate surface area is 111 Å². The van der Waals surface area contributed by atoms with Crippen LogP contribution < -0.4 is 10.1 Å². The van der Waals surface area contributed by atoms with Gasteiger partial charge < -0.3 is 15.0 Å². The quantitative estimate of drug-likeness (QED) is 0.728. The van der Waals surface area contributed by atoms with Crippen molar-refractivity contribution in [2.45, 2.75) is 26.7 Å². The molecule has 0 aromatic heterocycles. The van der Waals surface area contributed by atoms with Gasteiger partial charge in [-0.2, -0.15) is 0 Å². The molecule has 3 heteroatoms. The Bertz CT molecular complexity index is 322. The van der Waals surface area contributed by atoms with Crippen LogP contribution in [-0.2, 0) is 0 Å². The second-order valence-electron chi connectivity index (χ2n) is 4.50. The molecule has 0 aliphatic rings. The summed E-state index contributed by atoms with van der Waals surface area (Å²) in [5.74, 6) is 0.902. The summed E-state index contributed by atoms with van der Waals surface area (Å²) in [4.78, 5) is 2.51. The summed E-state index contributed by atoms with van der Waals surface area (Å²) in [6, 6.07) is 8.08. The van der Waals surface area contributed by atoms with Crippen molar-refractivity contribution in [3.63, 3.8) is 0 Å². The highest BCUT2D eigenvalue weighted by atomic mass is 16.5. The molecule has 1 aromatic rings. The van der Waals surface area contributed by atoms with Gasteiger partial charge in [0.05, 0.1) is 7.11 Å². The number of nitrogens with zero attached hydrogens (tertiary/aromatic N) is 1. The van der Waals surface area contributed by atoms with Gasteiger partial charge in [0.1, 0.15) is 5.75 Å². The van der Waals surface area contributed by atoms with Gasteiger partial charge in [-0.15, -0.1) is 0 Å². The van der Waals surface area contributed by atoms with E-state index in [1.165, 1.54) is 25.9 Å². The third-order valence-electron chi connectivity index (χ3n) is 2.91. The lowest BCUT2D eigenvalue weighted by atomic mass is 10.3. The zero-order valence-corrected chi connectivity index (χ0v) is 11.9. The van der Waals surface area contributed by atoms with Crippen LogP contribution in [0.15, 0.2) is 24.3 Å². The molecule has 0 spiro atoms. The number of rotatable bonds is 9. The summed E-state index contributed by atoms with van der Waals surface area (Å²) < 4.78 is 5.21. The van der Waals surface area contributed by atoms with Crippen molar-refractivity contribution in [3.8, 4) is 5.75 Å². The van der Waals surface area contributed by atoms with E-state index in [-0.39, 0.29) is 0 Å². The minimum Gasteiger partial charge on any atom is -0.497 e. The molecule has 0 aliphatic carbocycles. The van der Waals surface area contributed by atoms with E-state index in [1.807, 2.05) is 18.2 Å². The lowest BCUT2D eigenvalue weighted by molar-refractivity contribution is 0.285. The molecule has 0 aliphatic heterocycles. The van der Waals surface area contributed by atoms with Crippen molar-refractivity contribution >= 4 is 5.69 Å². The fourth-order valence-electron chi connectivity index (χ4n) is 2.06. The summed E-state index contributed by atoms with van der Waals surface area (Å²) in [5, 5.41) is 3.44. The predicted octanol–water partition coefficient (Wildman–Crippen LogP) is 3.23. The highest BCUT2D eigenvalue weighted by Gasteiger charge is 2.02. The van der Waals surface area contributed by atoms with Crippen molar-refractivity contribution in [1.82, 2.24) is 4.90 Å². The van der Waals surface area contributed by atoms with Crippen LogP contribution in [0.1, 0.15) is 26.7 Å². The van der Waals surface area contributed by atoms with Crippen LogP contribution in [0.5, 0.6) is 5.75 Å². The van der Waals surface area contributed by atoms with E-state index in [9.17, 15) is 0 Å². The van der Waals surface area contributed by atoms with Crippen LogP contribution >= 0.6 is 0 Å². The highest BCUT2D eigenvalue weighted by Crippen LogP contribution is 2.16. The van der Waals surface area contributed by atoms with Crippen molar-refractivity contribution < 1.29 is 4.74 Å². The Morgan fingerprint density at radius 2 is 1.83 bits per heavy atom. The third kappa shape index (κ3) is 5.41. The first-order valence-electron chi connectivity index (χ1n) is 6.90. The maximum Gasteiger partial charge on any atom is 0.120 e. The van der Waals surface area contributed by atoms with Gasteiger partial charge in [-0.1, -0.05) is 19.9 Å². The molecule has 0 heterocycles. The Kier molecular flexibility index (Phi) is 7.26. The average molecular weight is 250 g/mol. The molecular formula is C15H26N2O. The average Bonchev–Trinajstić information content (AvgIpc) is 2.39. The Morgan fingerprint density at radius 1 is 1.11 bits per heavy atom. The standard InChI is InChI=1S/C15H26N2O/c1-4-10-17(11-5-2)12-9-16-14-7-6-8-15(13-14)18-3/h6-8,13,16H,4-5,9-12H2,1-3H3. The van der Waals surface area contributed by atoms with E-state index in [1.54, 1.807) is 7.11 Å². The number of anilines is 1. The van der Waals surface area contributed by atoms with Gasteiger partial charge in [-0.25, -0.2) is 0 Å². The van der Waals surface area contributed by atoms with Crippen molar-refractivity contribution in [2.75, 3.05) is 38.6 Å². The van der Waals surface area contributed by atoms with E-state index in [0.717, 1.165) is 24.5 Å². The van der Waals surface area contributed by atoms with Gasteiger partial charge >= 0.3 is 0 Å². The summed E-state index contributed by atoms with van der Waals surface area (Å²) in [6.07, 6.45) is 2.44. The fourth-order valence-corrected chi connectivity index (χ4v) is 2.06. The van der Waals surface area contributed by atoms with Gasteiger partial charge in [0.25, 0.3) is 0 Å². The molecule has 1 rings (SSSR count). The molecule has 0 saturated heterocycles. The van der Waals surface area contributed by atoms with Crippen molar-refractivity contribution in [1.29, 1.82) is 0 Å². The highest BCUT2D eigenvalue weighted by molar-refractivity contribution is 5.48. The first kappa shape index (κ1) is 14.8. The van der Waals surface area contributed by atoms with Crippen LogP contribution in [-0.4, -0.2) is 38.2 Å². The van der Waals surface area contributed by atoms with Crippen LogP contribution in [0, 0.1) is 0 Å². The predicted molar refractivity (Wildman–Crippen MR) is 78.5 cm³/mol. The monoisotopic (exact) mass is 250 g/mol. The van der Waals surface area contributed by atoms with Crippen molar-refractivity contribution in [2.24, 2.45) is 0 Å². The number of hydrogen-bond donors (Lipinski definition) is 1. The fraction of sp³-hybridized carbons (Fsp3) is 0.600. The second-order valence-corrected chi connectivity index (χ2v) is 4.50. The molecule has 0 fully saturated rings. The largest absolute Gasteiger partial charge is 0.497 e. The SMILES string of the molecule is CCCN(CCC)CCNc1cccc(OC)c1. The second kappa shape index (κ2) is 8.81. The van der Waals surface area contributed by atoms with Crippen molar-refractivity contribution in [3.05, 3.63) is 24.3 Å². The number of ether oxygens (including phenoxy) is 1. The van der Waals surface area contributed by atoms with E-state index in [0.29, 0.717) is 0 Å². The Hall–Kier alpha value is -1.22. The first-order chi connectivity index (χ1) is 8.80. The topological polar surface area (TPSA) is 24.5 Å². The molecule has 18 heavy (non-hydrogen) atoms. The molecule has 0 radical (unpaired) electrons. The lowest BCUT2D eigenvalue weighted by Crippen LogP contribution is -2.30. The molecule has 0 atom stereocenters. The van der Waals surface area contributed by atoms with Crippen LogP contribution in [0.4, 0.5) is 5.69 Å². The van der Waals surface area contributed by atoms with E-state index in [4.69, 9.17) is 4.74 Å². The molecule has 0 amide bonds. The number of methoxy groups -OCH3 is 1. The van der Waals surface area contributed by atoms with Gasteiger partial charge in [0.15, 0.2) is 0 Å². The molecule has 0 unspecified atom stereocenters. The molecule has 102 valence electrons. The minimum atomic E-state index is 0.902. The number of nitrogens with one attached hydrogen (secondary N) is 1. The van der Waals surface area contributed by atoms with Crippen LogP contribution in [0.3, 0.4) is 0 Å². The van der Waals surface area contributed by atoms with Crippen LogP contribution in [0.2, 0.25) is 0 Å². The maximum absolute atomic E-state index is 5.21. The lowest BCUT2D eigenvalue weighted by Gasteiger charge is -2.21. The normalized spacial score (nSPS) is 10.7. The number of benzene rings is 1.